The van der Waals surface area contributed by atoms with Crippen LogP contribution < -0.4 is 4.74 Å². The summed E-state index contributed by atoms with van der Waals surface area (Å²) < 4.78 is 5.33. The molecule has 1 aliphatic carbocycles. The number of fused-ring (bicyclic) bond motifs is 2. The molecule has 0 saturated heterocycles. The molecule has 34 heavy (non-hydrogen) atoms. The molecule has 0 amide bonds. The fourth-order valence-electron chi connectivity index (χ4n) is 4.51. The number of nitrogens with one attached hydrogen (secondary N) is 2. The van der Waals surface area contributed by atoms with Crippen molar-refractivity contribution in [3.05, 3.63) is 75.5 Å². The van der Waals surface area contributed by atoms with Gasteiger partial charge in [-0.1, -0.05) is 62.2 Å². The minimum atomic E-state index is -0.491. The van der Waals surface area contributed by atoms with Gasteiger partial charge in [0, 0.05) is 50.2 Å². The molecule has 0 atom stereocenters. The van der Waals surface area contributed by atoms with Crippen molar-refractivity contribution >= 4 is 67.7 Å². The number of aromatic amines is 2. The van der Waals surface area contributed by atoms with E-state index in [1.165, 1.54) is 0 Å². The average molecular weight is 493 g/mol. The summed E-state index contributed by atoms with van der Waals surface area (Å²) in [6.07, 6.45) is 1.66. The van der Waals surface area contributed by atoms with Gasteiger partial charge in [0.05, 0.1) is 18.3 Å². The summed E-state index contributed by atoms with van der Waals surface area (Å²) in [7, 11) is 1.56. The van der Waals surface area contributed by atoms with E-state index in [4.69, 9.17) is 27.9 Å². The summed E-state index contributed by atoms with van der Waals surface area (Å²) in [4.78, 5) is 33.9. The van der Waals surface area contributed by atoms with Crippen LogP contribution in [-0.2, 0) is 15.0 Å². The van der Waals surface area contributed by atoms with Crippen LogP contribution >= 0.6 is 23.2 Å². The van der Waals surface area contributed by atoms with E-state index < -0.39 is 11.6 Å². The van der Waals surface area contributed by atoms with E-state index in [1.807, 2.05) is 57.2 Å². The SMILES string of the molecule is COc1ccc2[nH]cc(C3=C(Cl)C(=O)C(c4c(C(C)(C)C)[nH]c5ccccc45)=C(Cl)C3=O)c2c1. The quantitative estimate of drug-likeness (QED) is 0.312. The predicted molar refractivity (Wildman–Crippen MR) is 137 cm³/mol. The van der Waals surface area contributed by atoms with Crippen LogP contribution in [0.15, 0.2) is 58.7 Å². The number of benzene rings is 2. The zero-order chi connectivity index (χ0) is 24.4. The summed E-state index contributed by atoms with van der Waals surface area (Å²) >= 11 is 13.3. The lowest BCUT2D eigenvalue weighted by Crippen LogP contribution is -2.21. The number of carbonyl (C=O) groups excluding carboxylic acids is 2. The average Bonchev–Trinajstić information content (AvgIpc) is 3.40. The highest BCUT2D eigenvalue weighted by molar-refractivity contribution is 6.68. The smallest absolute Gasteiger partial charge is 0.207 e. The van der Waals surface area contributed by atoms with E-state index >= 15 is 0 Å². The second-order valence-electron chi connectivity index (χ2n) is 9.32. The first-order chi connectivity index (χ1) is 16.1. The largest absolute Gasteiger partial charge is 0.497 e. The number of Topliss-reactive ketones (excluding diaryl/α,β-unsaturated/α-hetero) is 2. The van der Waals surface area contributed by atoms with Gasteiger partial charge < -0.3 is 14.7 Å². The fourth-order valence-corrected chi connectivity index (χ4v) is 5.06. The molecule has 0 saturated carbocycles. The van der Waals surface area contributed by atoms with E-state index in [0.29, 0.717) is 22.3 Å². The van der Waals surface area contributed by atoms with E-state index in [2.05, 4.69) is 9.97 Å². The van der Waals surface area contributed by atoms with Crippen LogP contribution in [0.2, 0.25) is 0 Å². The molecule has 5 nitrogen and oxygen atoms in total. The Hall–Kier alpha value is -3.28. The third-order valence-corrected chi connectivity index (χ3v) is 6.88. The van der Waals surface area contributed by atoms with Crippen molar-refractivity contribution in [2.24, 2.45) is 0 Å². The third kappa shape index (κ3) is 3.30. The van der Waals surface area contributed by atoms with Crippen molar-refractivity contribution in [1.29, 1.82) is 0 Å². The Morgan fingerprint density at radius 2 is 1.53 bits per heavy atom. The molecule has 0 fully saturated rings. The summed E-state index contributed by atoms with van der Waals surface area (Å²) in [6, 6.07) is 13.1. The first-order valence-corrected chi connectivity index (χ1v) is 11.5. The molecule has 1 aliphatic rings. The first kappa shape index (κ1) is 22.5. The highest BCUT2D eigenvalue weighted by atomic mass is 35.5. The summed E-state index contributed by atoms with van der Waals surface area (Å²) in [6.45, 7) is 6.10. The minimum Gasteiger partial charge on any atom is -0.497 e. The molecule has 0 spiro atoms. The molecule has 2 aromatic heterocycles. The molecule has 4 aromatic rings. The predicted octanol–water partition coefficient (Wildman–Crippen LogP) is 6.71. The van der Waals surface area contributed by atoms with Gasteiger partial charge in [-0.25, -0.2) is 0 Å². The number of ketones is 2. The van der Waals surface area contributed by atoms with Crippen molar-refractivity contribution in [3.8, 4) is 5.75 Å². The Morgan fingerprint density at radius 3 is 2.24 bits per heavy atom. The van der Waals surface area contributed by atoms with Crippen molar-refractivity contribution < 1.29 is 14.3 Å². The Kier molecular flexibility index (Phi) is 5.23. The van der Waals surface area contributed by atoms with Gasteiger partial charge in [0.15, 0.2) is 0 Å². The molecule has 5 rings (SSSR count). The van der Waals surface area contributed by atoms with Crippen LogP contribution in [0.1, 0.15) is 37.6 Å². The van der Waals surface area contributed by atoms with Crippen molar-refractivity contribution in [1.82, 2.24) is 9.97 Å². The van der Waals surface area contributed by atoms with Crippen molar-refractivity contribution in [2.75, 3.05) is 7.11 Å². The second-order valence-corrected chi connectivity index (χ2v) is 10.1. The van der Waals surface area contributed by atoms with Crippen LogP contribution in [-0.4, -0.2) is 28.6 Å². The zero-order valence-electron chi connectivity index (χ0n) is 19.1. The maximum absolute atomic E-state index is 13.7. The van der Waals surface area contributed by atoms with Crippen LogP contribution in [0.3, 0.4) is 0 Å². The summed E-state index contributed by atoms with van der Waals surface area (Å²) in [5.41, 5.74) is 3.43. The Labute approximate surface area is 206 Å². The normalized spacial score (nSPS) is 15.2. The number of hydrogen-bond acceptors (Lipinski definition) is 3. The van der Waals surface area contributed by atoms with Gasteiger partial charge in [-0.05, 0) is 24.3 Å². The Morgan fingerprint density at radius 1 is 0.853 bits per heavy atom. The number of aromatic nitrogens is 2. The van der Waals surface area contributed by atoms with E-state index in [1.54, 1.807) is 19.4 Å². The molecule has 0 bridgehead atoms. The van der Waals surface area contributed by atoms with Crippen LogP contribution in [0.5, 0.6) is 5.75 Å². The Bertz CT molecular complexity index is 1580. The van der Waals surface area contributed by atoms with Gasteiger partial charge >= 0.3 is 0 Å². The first-order valence-electron chi connectivity index (χ1n) is 10.8. The highest BCUT2D eigenvalue weighted by Crippen LogP contribution is 2.45. The molecule has 2 heterocycles. The summed E-state index contributed by atoms with van der Waals surface area (Å²) in [5.74, 6) is -0.348. The molecule has 2 aromatic carbocycles. The number of halogens is 2. The molecule has 2 N–H and O–H groups in total. The number of ether oxygens (including phenoxy) is 1. The van der Waals surface area contributed by atoms with Crippen LogP contribution in [0, 0.1) is 0 Å². The third-order valence-electron chi connectivity index (χ3n) is 6.16. The van der Waals surface area contributed by atoms with Gasteiger partial charge in [-0.15, -0.1) is 0 Å². The number of hydrogen-bond donors (Lipinski definition) is 2. The fraction of sp³-hybridized carbons (Fsp3) is 0.185. The standard InChI is InChI=1S/C27H22Cl2N2O3/c1-27(2,3)26-19(14-7-5-6-8-18(14)31-26)21-23(29)24(32)20(22(28)25(21)33)16-12-30-17-10-9-13(34-4)11-15(16)17/h5-12,30-31H,1-4H3. The van der Waals surface area contributed by atoms with Gasteiger partial charge in [-0.3, -0.25) is 9.59 Å². The number of para-hydroxylation sites is 1. The molecule has 0 aliphatic heterocycles. The topological polar surface area (TPSA) is 75.0 Å². The molecule has 0 unspecified atom stereocenters. The Balaban J connectivity index is 1.75. The zero-order valence-corrected chi connectivity index (χ0v) is 20.6. The lowest BCUT2D eigenvalue weighted by molar-refractivity contribution is -0.113. The number of rotatable bonds is 3. The minimum absolute atomic E-state index is 0.0806. The van der Waals surface area contributed by atoms with E-state index in [0.717, 1.165) is 22.1 Å². The van der Waals surface area contributed by atoms with Crippen LogP contribution in [0.4, 0.5) is 0 Å². The molecule has 7 heteroatoms. The molecular formula is C27H22Cl2N2O3. The number of methoxy groups -OCH3 is 1. The van der Waals surface area contributed by atoms with Gasteiger partial charge in [-0.2, -0.15) is 0 Å². The molecular weight excluding hydrogens is 471 g/mol. The lowest BCUT2D eigenvalue weighted by Gasteiger charge is -2.23. The van der Waals surface area contributed by atoms with Crippen molar-refractivity contribution in [2.45, 2.75) is 26.2 Å². The maximum atomic E-state index is 13.7. The van der Waals surface area contributed by atoms with Gasteiger partial charge in [0.25, 0.3) is 0 Å². The highest BCUT2D eigenvalue weighted by Gasteiger charge is 2.38. The maximum Gasteiger partial charge on any atom is 0.207 e. The number of carbonyl (C=O) groups is 2. The number of H-pyrrole nitrogens is 2. The summed E-state index contributed by atoms with van der Waals surface area (Å²) in [5, 5.41) is 1.23. The van der Waals surface area contributed by atoms with Crippen LogP contribution in [0.25, 0.3) is 33.0 Å². The second kappa shape index (κ2) is 7.90. The van der Waals surface area contributed by atoms with E-state index in [-0.39, 0.29) is 26.6 Å². The van der Waals surface area contributed by atoms with Gasteiger partial charge in [0.2, 0.25) is 11.6 Å². The monoisotopic (exact) mass is 492 g/mol. The van der Waals surface area contributed by atoms with Gasteiger partial charge in [0.1, 0.15) is 15.8 Å². The van der Waals surface area contributed by atoms with Crippen molar-refractivity contribution in [3.63, 3.8) is 0 Å². The number of allylic oxidation sites excluding steroid dienone is 4. The molecule has 172 valence electrons. The lowest BCUT2D eigenvalue weighted by atomic mass is 9.82. The molecule has 0 radical (unpaired) electrons. The van der Waals surface area contributed by atoms with E-state index in [9.17, 15) is 9.59 Å².